The first-order valence-electron chi connectivity index (χ1n) is 12.9. The Labute approximate surface area is 208 Å². The Bertz CT molecular complexity index is 955. The highest BCUT2D eigenvalue weighted by atomic mass is 16.5. The molecule has 6 heteroatoms. The summed E-state index contributed by atoms with van der Waals surface area (Å²) in [7, 11) is 0. The van der Waals surface area contributed by atoms with Crippen molar-refractivity contribution in [2.75, 3.05) is 6.54 Å². The van der Waals surface area contributed by atoms with Crippen LogP contribution in [-0.4, -0.2) is 44.5 Å². The van der Waals surface area contributed by atoms with Gasteiger partial charge < -0.3 is 4.74 Å². The lowest BCUT2D eigenvalue weighted by molar-refractivity contribution is -0.158. The van der Waals surface area contributed by atoms with Gasteiger partial charge in [-0.05, 0) is 105 Å². The number of carbonyl (C=O) groups is 1. The van der Waals surface area contributed by atoms with Gasteiger partial charge in [0.2, 0.25) is 0 Å². The summed E-state index contributed by atoms with van der Waals surface area (Å²) in [5.74, 6) is -0.0611. The zero-order chi connectivity index (χ0) is 24.1. The monoisotopic (exact) mass is 472 g/mol. The van der Waals surface area contributed by atoms with Crippen LogP contribution in [0.1, 0.15) is 61.6 Å². The molecule has 4 heterocycles. The molecule has 0 radical (unpaired) electrons. The molecule has 35 heavy (non-hydrogen) atoms. The van der Waals surface area contributed by atoms with Crippen LogP contribution in [0.2, 0.25) is 0 Å². The molecule has 3 aromatic heterocycles. The highest BCUT2D eigenvalue weighted by Crippen LogP contribution is 2.23. The number of likely N-dealkylation sites (tertiary alicyclic amines) is 1. The van der Waals surface area contributed by atoms with E-state index < -0.39 is 0 Å². The molecule has 2 unspecified atom stereocenters. The van der Waals surface area contributed by atoms with Gasteiger partial charge >= 0.3 is 5.97 Å². The van der Waals surface area contributed by atoms with Gasteiger partial charge in [0.25, 0.3) is 0 Å². The number of rotatable bonds is 12. The van der Waals surface area contributed by atoms with E-state index in [1.807, 2.05) is 49.2 Å². The molecule has 184 valence electrons. The highest BCUT2D eigenvalue weighted by molar-refractivity contribution is 5.76. The second-order valence-corrected chi connectivity index (χ2v) is 9.40. The maximum absolute atomic E-state index is 13.4. The van der Waals surface area contributed by atoms with Crippen molar-refractivity contribution in [1.29, 1.82) is 0 Å². The molecule has 1 fully saturated rings. The fourth-order valence-electron chi connectivity index (χ4n) is 4.84. The third-order valence-corrected chi connectivity index (χ3v) is 6.76. The van der Waals surface area contributed by atoms with Crippen LogP contribution in [0, 0.1) is 0 Å². The zero-order valence-electron chi connectivity index (χ0n) is 20.5. The molecule has 0 aromatic carbocycles. The molecule has 0 bridgehead atoms. The average Bonchev–Trinajstić information content (AvgIpc) is 2.91. The molecule has 0 aliphatic carbocycles. The van der Waals surface area contributed by atoms with Gasteiger partial charge in [0, 0.05) is 43.7 Å². The summed E-state index contributed by atoms with van der Waals surface area (Å²) in [5, 5.41) is 0. The van der Waals surface area contributed by atoms with Crippen molar-refractivity contribution in [2.24, 2.45) is 0 Å². The fraction of sp³-hybridized carbons (Fsp3) is 0.448. The first-order valence-corrected chi connectivity index (χ1v) is 12.9. The Kier molecular flexibility index (Phi) is 9.77. The minimum atomic E-state index is -0.169. The van der Waals surface area contributed by atoms with Gasteiger partial charge in [-0.2, -0.15) is 0 Å². The molecule has 1 aliphatic rings. The highest BCUT2D eigenvalue weighted by Gasteiger charge is 2.31. The second kappa shape index (κ2) is 13.7. The molecule has 0 N–H and O–H groups in total. The van der Waals surface area contributed by atoms with E-state index >= 15 is 0 Å². The normalized spacial score (nSPS) is 17.1. The topological polar surface area (TPSA) is 68.2 Å². The van der Waals surface area contributed by atoms with E-state index in [4.69, 9.17) is 4.74 Å². The van der Waals surface area contributed by atoms with E-state index in [0.717, 1.165) is 70.9 Å². The molecule has 0 spiro atoms. The Morgan fingerprint density at radius 3 is 2.23 bits per heavy atom. The minimum Gasteiger partial charge on any atom is -0.461 e. The van der Waals surface area contributed by atoms with Crippen LogP contribution in [0.15, 0.2) is 73.6 Å². The van der Waals surface area contributed by atoms with Gasteiger partial charge in [-0.3, -0.25) is 24.6 Å². The summed E-state index contributed by atoms with van der Waals surface area (Å²) in [6.07, 6.45) is 19.6. The van der Waals surface area contributed by atoms with Crippen LogP contribution in [0.4, 0.5) is 0 Å². The van der Waals surface area contributed by atoms with Gasteiger partial charge in [0.05, 0.1) is 0 Å². The van der Waals surface area contributed by atoms with Crippen molar-refractivity contribution in [1.82, 2.24) is 19.9 Å². The van der Waals surface area contributed by atoms with Crippen molar-refractivity contribution >= 4 is 5.97 Å². The molecule has 1 aliphatic heterocycles. The molecule has 0 amide bonds. The van der Waals surface area contributed by atoms with Crippen LogP contribution in [0.25, 0.3) is 0 Å². The van der Waals surface area contributed by atoms with Gasteiger partial charge in [-0.15, -0.1) is 0 Å². The van der Waals surface area contributed by atoms with Crippen molar-refractivity contribution in [3.8, 4) is 0 Å². The quantitative estimate of drug-likeness (QED) is 0.338. The van der Waals surface area contributed by atoms with Crippen molar-refractivity contribution in [2.45, 2.75) is 76.5 Å². The number of pyridine rings is 3. The number of hydrogen-bond acceptors (Lipinski definition) is 6. The maximum atomic E-state index is 13.4. The van der Waals surface area contributed by atoms with E-state index in [-0.39, 0.29) is 18.1 Å². The minimum absolute atomic E-state index is 0.0611. The van der Waals surface area contributed by atoms with E-state index in [2.05, 4.69) is 38.1 Å². The molecule has 1 saturated heterocycles. The first-order chi connectivity index (χ1) is 17.3. The lowest BCUT2D eigenvalue weighted by Crippen LogP contribution is -2.45. The Hall–Kier alpha value is -3.12. The van der Waals surface area contributed by atoms with E-state index in [1.54, 1.807) is 6.20 Å². The number of aryl methyl sites for hydroxylation is 2. The van der Waals surface area contributed by atoms with Gasteiger partial charge in [-0.1, -0.05) is 12.5 Å². The molecule has 2 atom stereocenters. The van der Waals surface area contributed by atoms with Crippen LogP contribution < -0.4 is 0 Å². The first kappa shape index (κ1) is 25.0. The van der Waals surface area contributed by atoms with E-state index in [1.165, 1.54) is 16.7 Å². The smallest absolute Gasteiger partial charge is 0.323 e. The molecular formula is C29H36N4O2. The lowest BCUT2D eigenvalue weighted by Gasteiger charge is -2.35. The standard InChI is InChI=1S/C29H36N4O2/c34-29(28-11-1-2-21-33(28)23-26-14-19-31-20-15-26)35-27(9-3-6-24-12-17-30-18-13-24)10-4-7-25-8-5-16-32-22-25/h5,8,12-20,22,27-28H,1-4,6-7,9-11,21,23H2. The molecule has 3 aromatic rings. The number of piperidine rings is 1. The molecule has 0 saturated carbocycles. The molecule has 6 nitrogen and oxygen atoms in total. The van der Waals surface area contributed by atoms with E-state index in [0.29, 0.717) is 0 Å². The predicted molar refractivity (Wildman–Crippen MR) is 137 cm³/mol. The largest absolute Gasteiger partial charge is 0.461 e. The average molecular weight is 473 g/mol. The van der Waals surface area contributed by atoms with E-state index in [9.17, 15) is 4.79 Å². The number of aromatic nitrogens is 3. The summed E-state index contributed by atoms with van der Waals surface area (Å²) in [6.45, 7) is 1.69. The van der Waals surface area contributed by atoms with Gasteiger partial charge in [0.1, 0.15) is 12.1 Å². The van der Waals surface area contributed by atoms with Gasteiger partial charge in [-0.25, -0.2) is 0 Å². The van der Waals surface area contributed by atoms with Crippen molar-refractivity contribution < 1.29 is 9.53 Å². The molecular weight excluding hydrogens is 436 g/mol. The summed E-state index contributed by atoms with van der Waals surface area (Å²) in [6, 6.07) is 12.1. The number of nitrogens with zero attached hydrogens (tertiary/aromatic N) is 4. The number of hydrogen-bond donors (Lipinski definition) is 0. The summed E-state index contributed by atoms with van der Waals surface area (Å²) >= 11 is 0. The number of ether oxygens (including phenoxy) is 1. The Morgan fingerprint density at radius 1 is 0.857 bits per heavy atom. The maximum Gasteiger partial charge on any atom is 0.323 e. The van der Waals surface area contributed by atoms with Crippen molar-refractivity contribution in [3.05, 3.63) is 90.3 Å². The predicted octanol–water partition coefficient (Wildman–Crippen LogP) is 5.18. The Balaban J connectivity index is 1.35. The summed E-state index contributed by atoms with van der Waals surface area (Å²) in [5.41, 5.74) is 3.69. The second-order valence-electron chi connectivity index (χ2n) is 9.40. The Morgan fingerprint density at radius 2 is 1.54 bits per heavy atom. The zero-order valence-corrected chi connectivity index (χ0v) is 20.5. The summed E-state index contributed by atoms with van der Waals surface area (Å²) < 4.78 is 6.21. The fourth-order valence-corrected chi connectivity index (χ4v) is 4.84. The van der Waals surface area contributed by atoms with Crippen LogP contribution >= 0.6 is 0 Å². The lowest BCUT2D eigenvalue weighted by atomic mass is 10.00. The van der Waals surface area contributed by atoms with Gasteiger partial charge in [0.15, 0.2) is 0 Å². The van der Waals surface area contributed by atoms with Crippen molar-refractivity contribution in [3.63, 3.8) is 0 Å². The summed E-state index contributed by atoms with van der Waals surface area (Å²) in [4.78, 5) is 28.1. The third kappa shape index (κ3) is 8.25. The molecule has 4 rings (SSSR count). The third-order valence-electron chi connectivity index (χ3n) is 6.76. The van der Waals surface area contributed by atoms with Crippen LogP contribution in [0.3, 0.4) is 0 Å². The number of esters is 1. The van der Waals surface area contributed by atoms with Crippen LogP contribution in [0.5, 0.6) is 0 Å². The SMILES string of the molecule is O=C(OC(CCCc1ccncc1)CCCc1cccnc1)C1CCCCN1Cc1ccncc1. The van der Waals surface area contributed by atoms with Crippen LogP contribution in [-0.2, 0) is 28.9 Å². The number of carbonyl (C=O) groups excluding carboxylic acids is 1.